The fraction of sp³-hybridized carbons (Fsp3) is 0.750. The summed E-state index contributed by atoms with van der Waals surface area (Å²) in [6, 6.07) is -1.31. The highest BCUT2D eigenvalue weighted by molar-refractivity contribution is 5.76. The maximum absolute atomic E-state index is 12.0. The third kappa shape index (κ3) is 4.73. The normalized spacial score (nSPS) is 15.4. The average Bonchev–Trinajstić information content (AvgIpc) is 2.27. The highest BCUT2D eigenvalue weighted by Crippen LogP contribution is 2.08. The van der Waals surface area contributed by atoms with E-state index in [0.717, 1.165) is 0 Å². The molecule has 0 heterocycles. The summed E-state index contributed by atoms with van der Waals surface area (Å²) in [7, 11) is 1.25. The second kappa shape index (κ2) is 7.68. The number of carbonyl (C=O) groups is 2. The van der Waals surface area contributed by atoms with Crippen LogP contribution < -0.4 is 5.32 Å². The molecule has 2 atom stereocenters. The monoisotopic (exact) mass is 258 g/mol. The van der Waals surface area contributed by atoms with Gasteiger partial charge in [-0.1, -0.05) is 27.7 Å². The van der Waals surface area contributed by atoms with Crippen molar-refractivity contribution in [3.63, 3.8) is 0 Å². The van der Waals surface area contributed by atoms with Crippen molar-refractivity contribution in [3.8, 4) is 0 Å². The highest BCUT2D eigenvalue weighted by Gasteiger charge is 2.31. The van der Waals surface area contributed by atoms with Crippen LogP contribution in [-0.2, 0) is 14.3 Å². The number of methoxy groups -OCH3 is 1. The SMILES string of the molecule is COC(=O)[C@H](C(C)C)/[N+]([O-])=C/[C@@H](NC=O)C(C)C. The van der Waals surface area contributed by atoms with Gasteiger partial charge in [-0.15, -0.1) is 0 Å². The van der Waals surface area contributed by atoms with Gasteiger partial charge in [0, 0.05) is 5.92 Å². The predicted octanol–water partition coefficient (Wildman–Crippen LogP) is 0.536. The predicted molar refractivity (Wildman–Crippen MR) is 68.2 cm³/mol. The molecule has 1 N–H and O–H groups in total. The quantitative estimate of drug-likeness (QED) is 0.180. The van der Waals surface area contributed by atoms with E-state index in [4.69, 9.17) is 0 Å². The van der Waals surface area contributed by atoms with E-state index in [1.807, 2.05) is 13.8 Å². The number of nitrogens with zero attached hydrogens (tertiary/aromatic N) is 1. The fourth-order valence-corrected chi connectivity index (χ4v) is 1.53. The molecule has 0 rings (SSSR count). The summed E-state index contributed by atoms with van der Waals surface area (Å²) < 4.78 is 5.17. The molecule has 0 spiro atoms. The van der Waals surface area contributed by atoms with E-state index in [1.165, 1.54) is 13.3 Å². The molecule has 1 amide bonds. The summed E-state index contributed by atoms with van der Waals surface area (Å²) in [5.74, 6) is -0.711. The molecule has 18 heavy (non-hydrogen) atoms. The third-order valence-electron chi connectivity index (χ3n) is 2.63. The molecule has 0 unspecified atom stereocenters. The van der Waals surface area contributed by atoms with Gasteiger partial charge >= 0.3 is 5.97 Å². The molecular formula is C12H22N2O4. The Hall–Kier alpha value is -1.59. The molecule has 0 radical (unpaired) electrons. The molecule has 0 aliphatic carbocycles. The molecule has 104 valence electrons. The number of hydroxylamine groups is 1. The number of esters is 1. The number of nitrogens with one attached hydrogen (secondary N) is 1. The van der Waals surface area contributed by atoms with E-state index in [9.17, 15) is 14.8 Å². The lowest BCUT2D eigenvalue weighted by Gasteiger charge is -2.21. The van der Waals surface area contributed by atoms with Crippen molar-refractivity contribution in [2.45, 2.75) is 39.8 Å². The van der Waals surface area contributed by atoms with Crippen molar-refractivity contribution in [3.05, 3.63) is 5.21 Å². The Morgan fingerprint density at radius 3 is 2.17 bits per heavy atom. The van der Waals surface area contributed by atoms with E-state index in [1.54, 1.807) is 13.8 Å². The number of hydrogen-bond acceptors (Lipinski definition) is 4. The Morgan fingerprint density at radius 1 is 1.28 bits per heavy atom. The summed E-state index contributed by atoms with van der Waals surface area (Å²) in [6.45, 7) is 7.26. The second-order valence-electron chi connectivity index (χ2n) is 4.78. The molecule has 0 bridgehead atoms. The van der Waals surface area contributed by atoms with Crippen molar-refractivity contribution < 1.29 is 19.1 Å². The van der Waals surface area contributed by atoms with Crippen LogP contribution in [0.25, 0.3) is 0 Å². The third-order valence-corrected chi connectivity index (χ3v) is 2.63. The van der Waals surface area contributed by atoms with Gasteiger partial charge in [0.05, 0.1) is 7.11 Å². The summed E-state index contributed by atoms with van der Waals surface area (Å²) in [5, 5.41) is 14.5. The topological polar surface area (TPSA) is 81.5 Å². The van der Waals surface area contributed by atoms with E-state index >= 15 is 0 Å². The largest absolute Gasteiger partial charge is 0.623 e. The molecule has 0 fully saturated rings. The number of ether oxygens (including phenoxy) is 1. The minimum atomic E-state index is -0.898. The number of hydrogen-bond donors (Lipinski definition) is 1. The van der Waals surface area contributed by atoms with Gasteiger partial charge in [-0.2, -0.15) is 4.74 Å². The smallest absolute Gasteiger partial charge is 0.376 e. The lowest BCUT2D eigenvalue weighted by molar-refractivity contribution is -0.494. The molecule has 0 aromatic heterocycles. The average molecular weight is 258 g/mol. The zero-order valence-electron chi connectivity index (χ0n) is 11.5. The van der Waals surface area contributed by atoms with E-state index in [0.29, 0.717) is 11.1 Å². The van der Waals surface area contributed by atoms with Gasteiger partial charge in [0.25, 0.3) is 6.04 Å². The van der Waals surface area contributed by atoms with Crippen molar-refractivity contribution in [2.75, 3.05) is 7.11 Å². The van der Waals surface area contributed by atoms with Crippen LogP contribution in [0.15, 0.2) is 0 Å². The molecule has 0 aromatic carbocycles. The first-order valence-corrected chi connectivity index (χ1v) is 5.93. The highest BCUT2D eigenvalue weighted by atomic mass is 16.5. The Balaban J connectivity index is 5.09. The van der Waals surface area contributed by atoms with Gasteiger partial charge in [0.1, 0.15) is 6.04 Å². The maximum Gasteiger partial charge on any atom is 0.376 e. The van der Waals surface area contributed by atoms with E-state index in [-0.39, 0.29) is 11.8 Å². The van der Waals surface area contributed by atoms with Gasteiger partial charge in [-0.25, -0.2) is 4.79 Å². The lowest BCUT2D eigenvalue weighted by Crippen LogP contribution is -2.43. The van der Waals surface area contributed by atoms with Gasteiger partial charge in [-0.3, -0.25) is 4.79 Å². The van der Waals surface area contributed by atoms with Crippen LogP contribution in [0.5, 0.6) is 0 Å². The zero-order chi connectivity index (χ0) is 14.3. The van der Waals surface area contributed by atoms with Gasteiger partial charge < -0.3 is 15.3 Å². The van der Waals surface area contributed by atoms with Gasteiger partial charge in [0.15, 0.2) is 6.21 Å². The van der Waals surface area contributed by atoms with Gasteiger partial charge in [-0.05, 0) is 5.92 Å². The number of rotatable bonds is 7. The fourth-order valence-electron chi connectivity index (χ4n) is 1.53. The number of carbonyl (C=O) groups excluding carboxylic acids is 2. The van der Waals surface area contributed by atoms with Crippen molar-refractivity contribution in [1.29, 1.82) is 0 Å². The zero-order valence-corrected chi connectivity index (χ0v) is 11.5. The van der Waals surface area contributed by atoms with Crippen LogP contribution in [0.3, 0.4) is 0 Å². The Morgan fingerprint density at radius 2 is 1.83 bits per heavy atom. The Labute approximate surface area is 108 Å². The van der Waals surface area contributed by atoms with Crippen LogP contribution >= 0.6 is 0 Å². The first kappa shape index (κ1) is 16.4. The lowest BCUT2D eigenvalue weighted by atomic mass is 10.0. The molecular weight excluding hydrogens is 236 g/mol. The molecule has 0 aliphatic heterocycles. The van der Waals surface area contributed by atoms with Crippen LogP contribution in [0.1, 0.15) is 27.7 Å². The standard InChI is InChI=1S/C12H22N2O4/c1-8(2)10(13-7-15)6-14(17)11(9(3)4)12(16)18-5/h6-11H,1-5H3,(H,13,15)/b14-6-/t10-,11+/m1/s1. The van der Waals surface area contributed by atoms with E-state index < -0.39 is 18.1 Å². The molecule has 0 aliphatic rings. The minimum Gasteiger partial charge on any atom is -0.623 e. The van der Waals surface area contributed by atoms with Crippen LogP contribution in [-0.4, -0.2) is 42.5 Å². The summed E-state index contributed by atoms with van der Waals surface area (Å²) in [4.78, 5) is 22.0. The molecule has 0 saturated carbocycles. The van der Waals surface area contributed by atoms with E-state index in [2.05, 4.69) is 10.1 Å². The van der Waals surface area contributed by atoms with Crippen LogP contribution in [0, 0.1) is 17.0 Å². The first-order valence-electron chi connectivity index (χ1n) is 5.93. The second-order valence-corrected chi connectivity index (χ2v) is 4.78. The van der Waals surface area contributed by atoms with Crippen molar-refractivity contribution in [2.24, 2.45) is 11.8 Å². The molecule has 6 nitrogen and oxygen atoms in total. The Bertz CT molecular complexity index is 313. The summed E-state index contributed by atoms with van der Waals surface area (Å²) in [6.07, 6.45) is 1.85. The molecule has 6 heteroatoms. The van der Waals surface area contributed by atoms with Crippen molar-refractivity contribution >= 4 is 18.6 Å². The molecule has 0 saturated heterocycles. The van der Waals surface area contributed by atoms with Crippen molar-refractivity contribution in [1.82, 2.24) is 5.32 Å². The first-order chi connectivity index (χ1) is 8.34. The van der Waals surface area contributed by atoms with Crippen LogP contribution in [0.2, 0.25) is 0 Å². The molecule has 0 aromatic rings. The van der Waals surface area contributed by atoms with Crippen LogP contribution in [0.4, 0.5) is 0 Å². The minimum absolute atomic E-state index is 0.0529. The Kier molecular flexibility index (Phi) is 7.00. The summed E-state index contributed by atoms with van der Waals surface area (Å²) in [5.41, 5.74) is 0. The summed E-state index contributed by atoms with van der Waals surface area (Å²) >= 11 is 0. The van der Waals surface area contributed by atoms with Gasteiger partial charge in [0.2, 0.25) is 6.41 Å². The maximum atomic E-state index is 12.0. The number of amides is 1.